The molecule has 4 amide bonds. The second-order valence-electron chi connectivity index (χ2n) is 10.1. The Balaban J connectivity index is 1.28. The molecule has 1 aromatic carbocycles. The standard InChI is InChI=1S/C27H29N7O5S/c1-15(35)31(2)16-8-9-32(14-16)26(37)20-7-6-19(40-20)24-22-23(29-30-24)17-4-3-5-18(21(17)25(22)36)34(27(28)38)33-10-12-39-13-11-33/h3-7,16H,8-14H2,1-2H3,(H2,28,38)(H,29,30). The number of carbonyl (C=O) groups excluding carboxylic acids is 4. The number of benzene rings is 1. The smallest absolute Gasteiger partial charge is 0.334 e. The summed E-state index contributed by atoms with van der Waals surface area (Å²) in [7, 11) is 1.76. The first-order valence-corrected chi connectivity index (χ1v) is 13.9. The van der Waals surface area contributed by atoms with E-state index in [2.05, 4.69) is 10.2 Å². The van der Waals surface area contributed by atoms with Crippen molar-refractivity contribution in [1.82, 2.24) is 25.0 Å². The summed E-state index contributed by atoms with van der Waals surface area (Å²) in [6.07, 6.45) is 0.732. The minimum atomic E-state index is -0.686. The van der Waals surface area contributed by atoms with Gasteiger partial charge in [0.15, 0.2) is 5.78 Å². The van der Waals surface area contributed by atoms with Crippen molar-refractivity contribution in [3.8, 4) is 21.8 Å². The molecule has 0 radical (unpaired) electrons. The normalized spacial score (nSPS) is 18.5. The predicted octanol–water partition coefficient (Wildman–Crippen LogP) is 2.17. The van der Waals surface area contributed by atoms with Crippen molar-refractivity contribution in [3.05, 3.63) is 46.3 Å². The van der Waals surface area contributed by atoms with Crippen LogP contribution in [0.4, 0.5) is 10.5 Å². The zero-order valence-corrected chi connectivity index (χ0v) is 23.0. The number of hydrazine groups is 1. The van der Waals surface area contributed by atoms with E-state index in [1.54, 1.807) is 46.1 Å². The van der Waals surface area contributed by atoms with Crippen molar-refractivity contribution >= 4 is 40.7 Å². The molecule has 0 bridgehead atoms. The van der Waals surface area contributed by atoms with Crippen LogP contribution in [0.2, 0.25) is 0 Å². The van der Waals surface area contributed by atoms with E-state index in [1.165, 1.54) is 23.3 Å². The first-order valence-electron chi connectivity index (χ1n) is 13.1. The molecule has 3 N–H and O–H groups in total. The van der Waals surface area contributed by atoms with Crippen molar-refractivity contribution in [2.45, 2.75) is 19.4 Å². The van der Waals surface area contributed by atoms with Crippen LogP contribution >= 0.6 is 11.3 Å². The minimum Gasteiger partial charge on any atom is -0.379 e. The highest BCUT2D eigenvalue weighted by Gasteiger charge is 2.39. The molecule has 2 aliphatic heterocycles. The van der Waals surface area contributed by atoms with Crippen LogP contribution in [0.5, 0.6) is 0 Å². The number of fused-ring (bicyclic) bond motifs is 3. The molecule has 40 heavy (non-hydrogen) atoms. The maximum absolute atomic E-state index is 13.9. The topological polar surface area (TPSA) is 145 Å². The Bertz CT molecular complexity index is 1520. The van der Waals surface area contributed by atoms with E-state index in [0.29, 0.717) is 82.9 Å². The van der Waals surface area contributed by atoms with Crippen molar-refractivity contribution in [2.75, 3.05) is 51.4 Å². The number of carbonyl (C=O) groups is 4. The second-order valence-corrected chi connectivity index (χ2v) is 11.1. The third kappa shape index (κ3) is 4.26. The molecule has 2 fully saturated rings. The highest BCUT2D eigenvalue weighted by Crippen LogP contribution is 2.45. The van der Waals surface area contributed by atoms with Crippen molar-refractivity contribution in [3.63, 3.8) is 0 Å². The van der Waals surface area contributed by atoms with Gasteiger partial charge in [-0.15, -0.1) is 11.3 Å². The number of primary amides is 1. The summed E-state index contributed by atoms with van der Waals surface area (Å²) < 4.78 is 5.42. The van der Waals surface area contributed by atoms with Gasteiger partial charge in [0.25, 0.3) is 5.91 Å². The van der Waals surface area contributed by atoms with Gasteiger partial charge < -0.3 is 20.3 Å². The van der Waals surface area contributed by atoms with Gasteiger partial charge in [-0.1, -0.05) is 12.1 Å². The van der Waals surface area contributed by atoms with Gasteiger partial charge in [-0.25, -0.2) is 14.8 Å². The van der Waals surface area contributed by atoms with Gasteiger partial charge in [0.1, 0.15) is 5.69 Å². The molecule has 1 unspecified atom stereocenters. The van der Waals surface area contributed by atoms with Crippen LogP contribution in [-0.2, 0) is 9.53 Å². The summed E-state index contributed by atoms with van der Waals surface area (Å²) in [4.78, 5) is 56.1. The third-order valence-corrected chi connectivity index (χ3v) is 8.87. The molecule has 0 spiro atoms. The zero-order chi connectivity index (χ0) is 28.1. The number of hydrogen-bond acceptors (Lipinski definition) is 8. The first kappa shape index (κ1) is 26.2. The Labute approximate surface area is 234 Å². The fraction of sp³-hybridized carbons (Fsp3) is 0.370. The van der Waals surface area contributed by atoms with Gasteiger partial charge >= 0.3 is 6.03 Å². The summed E-state index contributed by atoms with van der Waals surface area (Å²) in [5, 5.41) is 10.6. The van der Waals surface area contributed by atoms with Gasteiger partial charge in [0.2, 0.25) is 5.91 Å². The number of urea groups is 1. The number of H-pyrrole nitrogens is 1. The molecule has 1 aliphatic carbocycles. The lowest BCUT2D eigenvalue weighted by Crippen LogP contribution is -2.54. The molecule has 2 saturated heterocycles. The highest BCUT2D eigenvalue weighted by molar-refractivity contribution is 7.17. The maximum atomic E-state index is 13.9. The first-order chi connectivity index (χ1) is 19.3. The maximum Gasteiger partial charge on any atom is 0.334 e. The summed E-state index contributed by atoms with van der Waals surface area (Å²) in [6, 6.07) is 8.16. The van der Waals surface area contributed by atoms with Gasteiger partial charge in [0.05, 0.1) is 51.5 Å². The Kier molecular flexibility index (Phi) is 6.64. The summed E-state index contributed by atoms with van der Waals surface area (Å²) >= 11 is 1.28. The number of ether oxygens (including phenoxy) is 1. The van der Waals surface area contributed by atoms with Gasteiger partial charge in [0, 0.05) is 45.7 Å². The van der Waals surface area contributed by atoms with Crippen LogP contribution in [0.3, 0.4) is 0 Å². The van der Waals surface area contributed by atoms with Crippen LogP contribution in [0, 0.1) is 0 Å². The van der Waals surface area contributed by atoms with Crippen LogP contribution < -0.4 is 10.7 Å². The molecular formula is C27H29N7O5S. The number of aromatic amines is 1. The molecule has 2 aromatic heterocycles. The van der Waals surface area contributed by atoms with Gasteiger partial charge in [-0.05, 0) is 24.6 Å². The predicted molar refractivity (Wildman–Crippen MR) is 148 cm³/mol. The number of anilines is 1. The largest absolute Gasteiger partial charge is 0.379 e. The van der Waals surface area contributed by atoms with E-state index in [-0.39, 0.29) is 23.6 Å². The Morgan fingerprint density at radius 2 is 1.90 bits per heavy atom. The van der Waals surface area contributed by atoms with E-state index < -0.39 is 6.03 Å². The van der Waals surface area contributed by atoms with Crippen molar-refractivity contribution < 1.29 is 23.9 Å². The van der Waals surface area contributed by atoms with Gasteiger partial charge in [-0.3, -0.25) is 19.5 Å². The average Bonchev–Trinajstić information content (AvgIpc) is 3.74. The van der Waals surface area contributed by atoms with E-state index in [9.17, 15) is 19.2 Å². The van der Waals surface area contributed by atoms with Gasteiger partial charge in [-0.2, -0.15) is 5.10 Å². The second kappa shape index (κ2) is 10.2. The van der Waals surface area contributed by atoms with Crippen LogP contribution in [-0.4, -0.2) is 101 Å². The Hall–Kier alpha value is -4.07. The molecule has 6 rings (SSSR count). The summed E-state index contributed by atoms with van der Waals surface area (Å²) in [5.74, 6) is -0.394. The fourth-order valence-electron chi connectivity index (χ4n) is 5.62. The van der Waals surface area contributed by atoms with E-state index in [1.807, 2.05) is 6.07 Å². The number of rotatable bonds is 5. The number of hydrogen-bond donors (Lipinski definition) is 2. The average molecular weight is 564 g/mol. The number of thiophene rings is 1. The Morgan fingerprint density at radius 3 is 2.62 bits per heavy atom. The molecule has 12 nitrogen and oxygen atoms in total. The lowest BCUT2D eigenvalue weighted by atomic mass is 10.1. The molecule has 208 valence electrons. The van der Waals surface area contributed by atoms with E-state index >= 15 is 0 Å². The number of morpholine rings is 1. The number of ketones is 1. The SMILES string of the molecule is CC(=O)N(C)C1CCN(C(=O)c2ccc(-c3[nH]nc4c3C(=O)c3c-4cccc3N(C(N)=O)N3CCOCC3)s2)C1. The fourth-order valence-corrected chi connectivity index (χ4v) is 6.60. The number of aromatic nitrogens is 2. The van der Waals surface area contributed by atoms with Crippen LogP contribution in [0.1, 0.15) is 38.9 Å². The molecular weight excluding hydrogens is 534 g/mol. The van der Waals surface area contributed by atoms with Crippen molar-refractivity contribution in [2.24, 2.45) is 5.73 Å². The lowest BCUT2D eigenvalue weighted by molar-refractivity contribution is -0.129. The number of likely N-dealkylation sites (N-methyl/N-ethyl adjacent to an activating group) is 1. The highest BCUT2D eigenvalue weighted by atomic mass is 32.1. The van der Waals surface area contributed by atoms with Crippen molar-refractivity contribution in [1.29, 1.82) is 0 Å². The Morgan fingerprint density at radius 1 is 1.12 bits per heavy atom. The quantitative estimate of drug-likeness (QED) is 0.379. The summed E-state index contributed by atoms with van der Waals surface area (Å²) in [5.41, 5.74) is 8.60. The third-order valence-electron chi connectivity index (χ3n) is 7.78. The summed E-state index contributed by atoms with van der Waals surface area (Å²) in [6.45, 7) is 4.41. The molecule has 3 aliphatic rings. The number of nitrogens with one attached hydrogen (secondary N) is 1. The van der Waals surface area contributed by atoms with Crippen LogP contribution in [0.25, 0.3) is 21.8 Å². The molecule has 3 aromatic rings. The number of nitrogens with zero attached hydrogens (tertiary/aromatic N) is 5. The molecule has 0 saturated carbocycles. The van der Waals surface area contributed by atoms with E-state index in [0.717, 1.165) is 6.42 Å². The molecule has 4 heterocycles. The molecule has 1 atom stereocenters. The van der Waals surface area contributed by atoms with Crippen LogP contribution in [0.15, 0.2) is 30.3 Å². The number of likely N-dealkylation sites (tertiary alicyclic amines) is 1. The minimum absolute atomic E-state index is 0.000453. The monoisotopic (exact) mass is 563 g/mol. The number of amides is 4. The van der Waals surface area contributed by atoms with E-state index in [4.69, 9.17) is 10.5 Å². The molecule has 13 heteroatoms. The lowest BCUT2D eigenvalue weighted by Gasteiger charge is -2.36. The number of nitrogens with two attached hydrogens (primary N) is 1. The zero-order valence-electron chi connectivity index (χ0n) is 22.2.